The molecule has 31 heavy (non-hydrogen) atoms. The number of aromatic nitrogens is 3. The van der Waals surface area contributed by atoms with E-state index in [1.165, 1.54) is 18.5 Å². The van der Waals surface area contributed by atoms with E-state index in [0.29, 0.717) is 37.8 Å². The number of nitrogens with one attached hydrogen (secondary N) is 1. The number of pyridine rings is 1. The fourth-order valence-electron chi connectivity index (χ4n) is 3.47. The van der Waals surface area contributed by atoms with E-state index in [9.17, 15) is 9.18 Å². The Hall–Kier alpha value is -3.26. The molecule has 0 aliphatic carbocycles. The van der Waals surface area contributed by atoms with Gasteiger partial charge >= 0.3 is 0 Å². The van der Waals surface area contributed by atoms with Gasteiger partial charge in [-0.25, -0.2) is 19.3 Å². The highest BCUT2D eigenvalue weighted by Gasteiger charge is 2.23. The Labute approximate surface area is 184 Å². The molecule has 1 aromatic carbocycles. The van der Waals surface area contributed by atoms with Crippen LogP contribution in [-0.4, -0.2) is 51.9 Å². The van der Waals surface area contributed by atoms with Crippen LogP contribution in [0.4, 0.5) is 21.8 Å². The van der Waals surface area contributed by atoms with Gasteiger partial charge in [-0.1, -0.05) is 17.7 Å². The number of halogens is 2. The van der Waals surface area contributed by atoms with Gasteiger partial charge in [-0.3, -0.25) is 4.79 Å². The molecule has 1 saturated heterocycles. The minimum atomic E-state index is -0.455. The molecule has 2 aromatic heterocycles. The van der Waals surface area contributed by atoms with Crippen molar-refractivity contribution in [3.8, 4) is 0 Å². The summed E-state index contributed by atoms with van der Waals surface area (Å²) in [7, 11) is 0. The van der Waals surface area contributed by atoms with Gasteiger partial charge in [-0.2, -0.15) is 0 Å². The van der Waals surface area contributed by atoms with Gasteiger partial charge in [0.1, 0.15) is 29.6 Å². The molecule has 1 aliphatic rings. The second-order valence-corrected chi connectivity index (χ2v) is 7.76. The van der Waals surface area contributed by atoms with E-state index >= 15 is 0 Å². The second-order valence-electron chi connectivity index (χ2n) is 7.35. The van der Waals surface area contributed by atoms with Crippen molar-refractivity contribution in [1.29, 1.82) is 0 Å². The zero-order valence-electron chi connectivity index (χ0n) is 17.1. The lowest BCUT2D eigenvalue weighted by molar-refractivity contribution is -0.130. The van der Waals surface area contributed by atoms with Crippen molar-refractivity contribution >= 4 is 35.0 Å². The molecule has 0 radical (unpaired) electrons. The van der Waals surface area contributed by atoms with Crippen molar-refractivity contribution in [1.82, 2.24) is 19.9 Å². The number of anilines is 3. The highest BCUT2D eigenvalue weighted by molar-refractivity contribution is 6.31. The predicted octanol–water partition coefficient (Wildman–Crippen LogP) is 3.61. The molecule has 3 heterocycles. The monoisotopic (exact) mass is 440 g/mol. The number of nitrogens with zero attached hydrogens (tertiary/aromatic N) is 5. The lowest BCUT2D eigenvalue weighted by Crippen LogP contribution is -2.49. The molecule has 9 heteroatoms. The molecule has 1 aliphatic heterocycles. The Morgan fingerprint density at radius 1 is 1.10 bits per heavy atom. The summed E-state index contributed by atoms with van der Waals surface area (Å²) in [5.41, 5.74) is 1.34. The first kappa shape index (κ1) is 21.0. The van der Waals surface area contributed by atoms with Crippen LogP contribution in [-0.2, 0) is 11.2 Å². The molecule has 1 amide bonds. The quantitative estimate of drug-likeness (QED) is 0.653. The summed E-state index contributed by atoms with van der Waals surface area (Å²) < 4.78 is 14.0. The van der Waals surface area contributed by atoms with Crippen LogP contribution >= 0.6 is 11.6 Å². The average molecular weight is 441 g/mol. The largest absolute Gasteiger partial charge is 0.353 e. The molecule has 0 saturated carbocycles. The van der Waals surface area contributed by atoms with E-state index in [-0.39, 0.29) is 22.9 Å². The highest BCUT2D eigenvalue weighted by atomic mass is 35.5. The van der Waals surface area contributed by atoms with Crippen LogP contribution in [0.25, 0.3) is 0 Å². The number of benzene rings is 1. The van der Waals surface area contributed by atoms with Crippen molar-refractivity contribution in [2.75, 3.05) is 36.4 Å². The molecular formula is C22H22ClFN6O. The van der Waals surface area contributed by atoms with E-state index in [2.05, 4.69) is 25.2 Å². The third-order valence-electron chi connectivity index (χ3n) is 5.17. The minimum Gasteiger partial charge on any atom is -0.353 e. The Kier molecular flexibility index (Phi) is 6.27. The van der Waals surface area contributed by atoms with Crippen molar-refractivity contribution in [2.24, 2.45) is 0 Å². The first-order valence-electron chi connectivity index (χ1n) is 9.97. The normalized spacial score (nSPS) is 13.9. The first-order chi connectivity index (χ1) is 15.0. The topological polar surface area (TPSA) is 74.2 Å². The third-order valence-corrected chi connectivity index (χ3v) is 5.52. The third kappa shape index (κ3) is 5.08. The lowest BCUT2D eigenvalue weighted by atomic mass is 10.1. The van der Waals surface area contributed by atoms with Gasteiger partial charge < -0.3 is 15.1 Å². The number of amides is 1. The van der Waals surface area contributed by atoms with Crippen LogP contribution in [0.5, 0.6) is 0 Å². The van der Waals surface area contributed by atoms with Gasteiger partial charge in [-0.05, 0) is 36.8 Å². The molecule has 0 atom stereocenters. The van der Waals surface area contributed by atoms with E-state index in [1.54, 1.807) is 17.2 Å². The summed E-state index contributed by atoms with van der Waals surface area (Å²) in [5, 5.41) is 3.46. The molecule has 3 aromatic rings. The molecule has 0 spiro atoms. The number of aryl methyl sites for hydroxylation is 1. The van der Waals surface area contributed by atoms with E-state index in [0.717, 1.165) is 11.4 Å². The van der Waals surface area contributed by atoms with Crippen LogP contribution in [0.1, 0.15) is 11.1 Å². The van der Waals surface area contributed by atoms with Crippen LogP contribution in [0.15, 0.2) is 48.9 Å². The summed E-state index contributed by atoms with van der Waals surface area (Å²) in [6.07, 6.45) is 3.20. The summed E-state index contributed by atoms with van der Waals surface area (Å²) in [4.78, 5) is 29.4. The summed E-state index contributed by atoms with van der Waals surface area (Å²) in [6, 6.07) is 10.2. The summed E-state index contributed by atoms with van der Waals surface area (Å²) in [5.74, 6) is 1.54. The van der Waals surface area contributed by atoms with Gasteiger partial charge in [0.05, 0.1) is 6.42 Å². The van der Waals surface area contributed by atoms with E-state index in [1.807, 2.05) is 25.1 Å². The number of hydrogen-bond donors (Lipinski definition) is 1. The standard InChI is InChI=1S/C22H22ClFN6O/c1-15-5-6-25-19(11-15)28-20-13-21(27-14-26-20)29-7-9-30(10-8-29)22(31)12-16-17(23)3-2-4-18(16)24/h2-6,11,13-14H,7-10,12H2,1H3,(H,25,26,27,28). The van der Waals surface area contributed by atoms with Gasteiger partial charge in [-0.15, -0.1) is 0 Å². The molecule has 160 valence electrons. The fourth-order valence-corrected chi connectivity index (χ4v) is 3.70. The van der Waals surface area contributed by atoms with Crippen LogP contribution in [0, 0.1) is 12.7 Å². The maximum Gasteiger partial charge on any atom is 0.227 e. The van der Waals surface area contributed by atoms with Gasteiger partial charge in [0.2, 0.25) is 5.91 Å². The minimum absolute atomic E-state index is 0.0451. The molecule has 4 rings (SSSR count). The fraction of sp³-hybridized carbons (Fsp3) is 0.273. The van der Waals surface area contributed by atoms with Crippen molar-refractivity contribution in [3.05, 3.63) is 70.9 Å². The molecule has 0 unspecified atom stereocenters. The zero-order chi connectivity index (χ0) is 21.8. The van der Waals surface area contributed by atoms with Crippen molar-refractivity contribution in [2.45, 2.75) is 13.3 Å². The number of rotatable bonds is 5. The van der Waals surface area contributed by atoms with Gasteiger partial charge in [0.25, 0.3) is 0 Å². The molecule has 7 nitrogen and oxygen atoms in total. The van der Waals surface area contributed by atoms with Crippen molar-refractivity contribution < 1.29 is 9.18 Å². The van der Waals surface area contributed by atoms with E-state index < -0.39 is 5.82 Å². The second kappa shape index (κ2) is 9.26. The molecular weight excluding hydrogens is 419 g/mol. The number of carbonyl (C=O) groups excluding carboxylic acids is 1. The lowest BCUT2D eigenvalue weighted by Gasteiger charge is -2.35. The van der Waals surface area contributed by atoms with Crippen LogP contribution in [0.2, 0.25) is 5.02 Å². The molecule has 1 fully saturated rings. The van der Waals surface area contributed by atoms with Crippen LogP contribution < -0.4 is 10.2 Å². The number of hydrogen-bond acceptors (Lipinski definition) is 6. The summed E-state index contributed by atoms with van der Waals surface area (Å²) in [6.45, 7) is 4.29. The maximum absolute atomic E-state index is 14.0. The van der Waals surface area contributed by atoms with Gasteiger partial charge in [0.15, 0.2) is 0 Å². The predicted molar refractivity (Wildman–Crippen MR) is 118 cm³/mol. The summed E-state index contributed by atoms with van der Waals surface area (Å²) >= 11 is 6.05. The highest BCUT2D eigenvalue weighted by Crippen LogP contribution is 2.22. The maximum atomic E-state index is 14.0. The number of carbonyl (C=O) groups is 1. The molecule has 1 N–H and O–H groups in total. The smallest absolute Gasteiger partial charge is 0.227 e. The Bertz CT molecular complexity index is 1070. The van der Waals surface area contributed by atoms with Crippen LogP contribution in [0.3, 0.4) is 0 Å². The molecule has 0 bridgehead atoms. The number of piperazine rings is 1. The Balaban J connectivity index is 1.37. The van der Waals surface area contributed by atoms with Crippen molar-refractivity contribution in [3.63, 3.8) is 0 Å². The Morgan fingerprint density at radius 2 is 1.87 bits per heavy atom. The SMILES string of the molecule is Cc1ccnc(Nc2cc(N3CCN(C(=O)Cc4c(F)cccc4Cl)CC3)ncn2)c1. The first-order valence-corrected chi connectivity index (χ1v) is 10.3. The van der Waals surface area contributed by atoms with Gasteiger partial charge in [0, 0.05) is 49.0 Å². The Morgan fingerprint density at radius 3 is 2.61 bits per heavy atom. The van der Waals surface area contributed by atoms with E-state index in [4.69, 9.17) is 11.6 Å². The average Bonchev–Trinajstić information content (AvgIpc) is 2.77. The zero-order valence-corrected chi connectivity index (χ0v) is 17.8.